The molecule has 0 unspecified atom stereocenters. The van der Waals surface area contributed by atoms with Crippen molar-refractivity contribution in [1.29, 1.82) is 0 Å². The van der Waals surface area contributed by atoms with E-state index in [1.807, 2.05) is 19.3 Å². The first kappa shape index (κ1) is 20.7. The van der Waals surface area contributed by atoms with E-state index in [2.05, 4.69) is 68.0 Å². The first-order valence-corrected chi connectivity index (χ1v) is 11.5. The molecule has 1 aromatic carbocycles. The maximum absolute atomic E-state index is 4.48. The van der Waals surface area contributed by atoms with Crippen molar-refractivity contribution < 1.29 is 0 Å². The van der Waals surface area contributed by atoms with Gasteiger partial charge in [0.2, 0.25) is 0 Å². The molecule has 1 saturated heterocycles. The predicted molar refractivity (Wildman–Crippen MR) is 125 cm³/mol. The zero-order valence-corrected chi connectivity index (χ0v) is 18.1. The maximum Gasteiger partial charge on any atom is 0.191 e. The summed E-state index contributed by atoms with van der Waals surface area (Å²) in [7, 11) is 1.88. The Morgan fingerprint density at radius 1 is 0.967 bits per heavy atom. The second-order valence-electron chi connectivity index (χ2n) is 8.68. The fourth-order valence-corrected chi connectivity index (χ4v) is 4.85. The molecule has 1 saturated carbocycles. The van der Waals surface area contributed by atoms with Crippen molar-refractivity contribution in [2.45, 2.75) is 50.5 Å². The van der Waals surface area contributed by atoms with E-state index in [1.54, 1.807) is 0 Å². The van der Waals surface area contributed by atoms with Crippen molar-refractivity contribution in [3.8, 4) is 0 Å². The molecule has 2 fully saturated rings. The second kappa shape index (κ2) is 10.5. The summed E-state index contributed by atoms with van der Waals surface area (Å²) in [6, 6.07) is 17.6. The van der Waals surface area contributed by atoms with E-state index in [0.717, 1.165) is 56.1 Å². The van der Waals surface area contributed by atoms with Crippen molar-refractivity contribution >= 4 is 11.8 Å². The standard InChI is InChI=1S/C25H35N5/c1-26-25(29-23-14-17-30(18-15-23)24-9-5-6-16-27-24)28-19-20-10-12-22(13-11-20)21-7-3-2-4-8-21/h2-9,16,20,22-23H,10-15,17-19H2,1H3,(H2,26,28,29). The van der Waals surface area contributed by atoms with Gasteiger partial charge in [0.1, 0.15) is 5.82 Å². The normalized spacial score (nSPS) is 23.2. The second-order valence-corrected chi connectivity index (χ2v) is 8.68. The largest absolute Gasteiger partial charge is 0.356 e. The van der Waals surface area contributed by atoms with Gasteiger partial charge in [-0.25, -0.2) is 4.98 Å². The van der Waals surface area contributed by atoms with Gasteiger partial charge >= 0.3 is 0 Å². The van der Waals surface area contributed by atoms with Gasteiger partial charge in [0.05, 0.1) is 0 Å². The van der Waals surface area contributed by atoms with E-state index in [9.17, 15) is 0 Å². The minimum Gasteiger partial charge on any atom is -0.356 e. The van der Waals surface area contributed by atoms with Crippen molar-refractivity contribution in [2.24, 2.45) is 10.9 Å². The average Bonchev–Trinajstić information content (AvgIpc) is 2.83. The summed E-state index contributed by atoms with van der Waals surface area (Å²) in [4.78, 5) is 11.3. The first-order valence-electron chi connectivity index (χ1n) is 11.5. The van der Waals surface area contributed by atoms with Crippen LogP contribution in [0.1, 0.15) is 50.0 Å². The predicted octanol–water partition coefficient (Wildman–Crippen LogP) is 4.19. The van der Waals surface area contributed by atoms with Gasteiger partial charge < -0.3 is 15.5 Å². The van der Waals surface area contributed by atoms with Crippen molar-refractivity contribution in [1.82, 2.24) is 15.6 Å². The van der Waals surface area contributed by atoms with Crippen LogP contribution in [-0.2, 0) is 0 Å². The molecule has 2 heterocycles. The topological polar surface area (TPSA) is 52.6 Å². The number of rotatable bonds is 5. The Bertz CT molecular complexity index is 776. The summed E-state index contributed by atoms with van der Waals surface area (Å²) < 4.78 is 0. The van der Waals surface area contributed by atoms with Crippen LogP contribution in [0.25, 0.3) is 0 Å². The molecule has 1 aliphatic heterocycles. The molecule has 2 N–H and O–H groups in total. The Kier molecular flexibility index (Phi) is 7.22. The van der Waals surface area contributed by atoms with Gasteiger partial charge in [0.25, 0.3) is 0 Å². The Hall–Kier alpha value is -2.56. The lowest BCUT2D eigenvalue weighted by atomic mass is 9.79. The molecule has 2 aliphatic rings. The smallest absolute Gasteiger partial charge is 0.191 e. The van der Waals surface area contributed by atoms with E-state index in [4.69, 9.17) is 0 Å². The molecule has 0 radical (unpaired) electrons. The van der Waals surface area contributed by atoms with Crippen LogP contribution in [0, 0.1) is 5.92 Å². The van der Waals surface area contributed by atoms with Crippen LogP contribution in [0.3, 0.4) is 0 Å². The third-order valence-electron chi connectivity index (χ3n) is 6.71. The lowest BCUT2D eigenvalue weighted by Gasteiger charge is -2.34. The number of anilines is 1. The summed E-state index contributed by atoms with van der Waals surface area (Å²) in [5, 5.41) is 7.24. The van der Waals surface area contributed by atoms with E-state index in [0.29, 0.717) is 6.04 Å². The maximum atomic E-state index is 4.48. The fourth-order valence-electron chi connectivity index (χ4n) is 4.85. The van der Waals surface area contributed by atoms with Gasteiger partial charge in [-0.2, -0.15) is 0 Å². The lowest BCUT2D eigenvalue weighted by molar-refractivity contribution is 0.324. The van der Waals surface area contributed by atoms with Gasteiger partial charge in [-0.1, -0.05) is 36.4 Å². The molecule has 0 atom stereocenters. The van der Waals surface area contributed by atoms with Crippen LogP contribution < -0.4 is 15.5 Å². The lowest BCUT2D eigenvalue weighted by Crippen LogP contribution is -2.49. The Balaban J connectivity index is 1.17. The summed E-state index contributed by atoms with van der Waals surface area (Å²) >= 11 is 0. The number of piperidine rings is 1. The highest BCUT2D eigenvalue weighted by Gasteiger charge is 2.24. The van der Waals surface area contributed by atoms with Crippen LogP contribution in [0.5, 0.6) is 0 Å². The van der Waals surface area contributed by atoms with Gasteiger partial charge in [-0.3, -0.25) is 4.99 Å². The Morgan fingerprint density at radius 2 is 1.70 bits per heavy atom. The molecule has 2 aromatic rings. The molecule has 0 bridgehead atoms. The zero-order valence-electron chi connectivity index (χ0n) is 18.1. The first-order chi connectivity index (χ1) is 14.8. The van der Waals surface area contributed by atoms with Crippen molar-refractivity contribution in [3.05, 3.63) is 60.3 Å². The summed E-state index contributed by atoms with van der Waals surface area (Å²) in [6.45, 7) is 3.10. The number of aromatic nitrogens is 1. The summed E-state index contributed by atoms with van der Waals surface area (Å²) in [5.74, 6) is 3.53. The van der Waals surface area contributed by atoms with Crippen LogP contribution in [-0.4, -0.2) is 43.7 Å². The van der Waals surface area contributed by atoms with Gasteiger partial charge in [0, 0.05) is 38.9 Å². The number of nitrogens with zero attached hydrogens (tertiary/aromatic N) is 3. The fraction of sp³-hybridized carbons (Fsp3) is 0.520. The van der Waals surface area contributed by atoms with E-state index in [1.165, 1.54) is 31.2 Å². The molecule has 0 spiro atoms. The number of benzene rings is 1. The molecular weight excluding hydrogens is 370 g/mol. The van der Waals surface area contributed by atoms with E-state index < -0.39 is 0 Å². The zero-order chi connectivity index (χ0) is 20.6. The number of aliphatic imine (C=N–C) groups is 1. The Morgan fingerprint density at radius 3 is 2.37 bits per heavy atom. The van der Waals surface area contributed by atoms with Crippen molar-refractivity contribution in [3.63, 3.8) is 0 Å². The molecular formula is C25H35N5. The van der Waals surface area contributed by atoms with Gasteiger partial charge in [-0.05, 0) is 68.1 Å². The molecule has 5 nitrogen and oxygen atoms in total. The summed E-state index contributed by atoms with van der Waals surface area (Å²) in [5.41, 5.74) is 1.51. The number of hydrogen-bond donors (Lipinski definition) is 2. The van der Waals surface area contributed by atoms with Crippen LogP contribution in [0.15, 0.2) is 59.7 Å². The minimum absolute atomic E-state index is 0.477. The monoisotopic (exact) mass is 405 g/mol. The quantitative estimate of drug-likeness (QED) is 0.579. The number of hydrogen-bond acceptors (Lipinski definition) is 3. The van der Waals surface area contributed by atoms with Crippen molar-refractivity contribution in [2.75, 3.05) is 31.6 Å². The van der Waals surface area contributed by atoms with Crippen LogP contribution in [0.4, 0.5) is 5.82 Å². The molecule has 1 aliphatic carbocycles. The van der Waals surface area contributed by atoms with Gasteiger partial charge in [0.15, 0.2) is 5.96 Å². The number of nitrogens with one attached hydrogen (secondary N) is 2. The third kappa shape index (κ3) is 5.53. The van der Waals surface area contributed by atoms with Gasteiger partial charge in [-0.15, -0.1) is 0 Å². The molecule has 5 heteroatoms. The summed E-state index contributed by atoms with van der Waals surface area (Å²) in [6.07, 6.45) is 9.29. The van der Waals surface area contributed by atoms with E-state index >= 15 is 0 Å². The highest BCUT2D eigenvalue weighted by Crippen LogP contribution is 2.35. The van der Waals surface area contributed by atoms with Crippen LogP contribution in [0.2, 0.25) is 0 Å². The Labute approximate surface area is 181 Å². The number of pyridine rings is 1. The molecule has 4 rings (SSSR count). The minimum atomic E-state index is 0.477. The molecule has 0 amide bonds. The number of guanidine groups is 1. The molecule has 30 heavy (non-hydrogen) atoms. The molecule has 1 aromatic heterocycles. The molecule has 160 valence electrons. The highest BCUT2D eigenvalue weighted by atomic mass is 15.2. The van der Waals surface area contributed by atoms with E-state index in [-0.39, 0.29) is 0 Å². The average molecular weight is 406 g/mol. The third-order valence-corrected chi connectivity index (χ3v) is 6.71. The highest BCUT2D eigenvalue weighted by molar-refractivity contribution is 5.80. The SMILES string of the molecule is CN=C(NCC1CCC(c2ccccc2)CC1)NC1CCN(c2ccccn2)CC1. The van der Waals surface area contributed by atoms with Crippen LogP contribution >= 0.6 is 0 Å².